The fourth-order valence-electron chi connectivity index (χ4n) is 14.4. The first-order valence-corrected chi connectivity index (χ1v) is 41.9. The molecule has 2 saturated carbocycles. The number of ether oxygens (including phenoxy) is 4. The molecule has 2 aliphatic heterocycles. The third-order valence-corrected chi connectivity index (χ3v) is 23.7. The summed E-state index contributed by atoms with van der Waals surface area (Å²) in [7, 11) is 0. The van der Waals surface area contributed by atoms with E-state index in [9.17, 15) is 66.3 Å². The van der Waals surface area contributed by atoms with Crippen LogP contribution < -0.4 is 28.7 Å². The first-order valence-electron chi connectivity index (χ1n) is 36.1. The van der Waals surface area contributed by atoms with Gasteiger partial charge in [0.05, 0.1) is 87.6 Å². The molecule has 10 N–H and O–H groups in total. The van der Waals surface area contributed by atoms with Gasteiger partial charge in [0.2, 0.25) is 0 Å². The molecule has 12 aromatic rings. The standard InChI is InChI=1S/C26H28ClFN6O2.C17H22N4O2.C9H5BrClFN2.C7H4Br2FNO2.C7H3BrFNO3.C7H5BrFNO2.C7H5BrFNO.CH4/c1-25(2)35-20-19(34-7-5-14-22(29)31-12-32-24(14)34)11-26(3,21(20)36-25)6-4-13-8-17(28)15-10-16(27)23(30)33-18(15)9-13;1-5-17(4)8-11(12-13(17)23-16(2,3)22-12)21-7-6-10-14(18)19-9-20-15(10)21;10-4-1-7(12)5-3-6(11)9(13)14-8(5)2-4;8-3-5-6(10)1-4(9)2-7(5)11(12)13;8-4-1-6(9)5(3-11)7(2-4)10(12)13;1-4-6(9)2-5(8)3-7(4)10(11)12;8-4-1-6(9)5(3-11)7(10)2-4;/h5,7-10,12,19-21H,4,6,11H2,1-3H3,(H2,30,33)(H2,29,31,32);5-7,9,11-13H,1,8H2,2-4H3,(H2,18,19,20);1-3H,(H2,13,14);1-2H,3H2;1-3H;2-3H,1H3;1-3H,10H2;1H4/t19-,20+,21+,26+;11-,12+,13+,17+;;;;;;/m11....../s1. The summed E-state index contributed by atoms with van der Waals surface area (Å²) in [6.45, 7) is 17.6. The van der Waals surface area contributed by atoms with E-state index in [2.05, 4.69) is 155 Å². The molecule has 0 bridgehead atoms. The molecule has 8 atom stereocenters. The third kappa shape index (κ3) is 22.1. The van der Waals surface area contributed by atoms with Crippen molar-refractivity contribution in [3.63, 3.8) is 0 Å². The highest BCUT2D eigenvalue weighted by Gasteiger charge is 2.61. The van der Waals surface area contributed by atoms with Crippen molar-refractivity contribution in [1.82, 2.24) is 39.0 Å². The Bertz CT molecular complexity index is 6090. The van der Waals surface area contributed by atoms with Crippen LogP contribution in [-0.2, 0) is 30.7 Å². The number of carbonyl (C=O) groups is 2. The van der Waals surface area contributed by atoms with Gasteiger partial charge in [0.25, 0.3) is 17.1 Å². The van der Waals surface area contributed by atoms with Gasteiger partial charge in [0.15, 0.2) is 24.1 Å². The van der Waals surface area contributed by atoms with Crippen LogP contribution in [0, 0.1) is 83.0 Å². The van der Waals surface area contributed by atoms with Crippen LogP contribution in [0.4, 0.5) is 72.4 Å². The highest BCUT2D eigenvalue weighted by Crippen LogP contribution is 2.57. The Morgan fingerprint density at radius 1 is 0.528 bits per heavy atom. The Balaban J connectivity index is 0.000000172. The van der Waals surface area contributed by atoms with Gasteiger partial charge in [-0.3, -0.25) is 39.9 Å². The summed E-state index contributed by atoms with van der Waals surface area (Å²) in [6.07, 6.45) is 12.3. The number of nitrogens with two attached hydrogens (primary N) is 5. The van der Waals surface area contributed by atoms with E-state index in [1.54, 1.807) is 12.1 Å². The Labute approximate surface area is 758 Å². The minimum Gasteiger partial charge on any atom is -0.398 e. The molecule has 0 radical (unpaired) electrons. The molecule has 16 rings (SSSR count). The number of nitrogen functional groups attached to an aromatic ring is 5. The summed E-state index contributed by atoms with van der Waals surface area (Å²) in [4.78, 5) is 75.0. The average molecular weight is 2130 g/mol. The van der Waals surface area contributed by atoms with Gasteiger partial charge in [-0.25, -0.2) is 56.2 Å². The second-order valence-electron chi connectivity index (χ2n) is 29.5. The number of nitrogens with zero attached hydrogens (tertiary/aromatic N) is 11. The average Bonchev–Trinajstić information content (AvgIpc) is 1.57. The lowest BCUT2D eigenvalue weighted by molar-refractivity contribution is -0.385. The van der Waals surface area contributed by atoms with Crippen molar-refractivity contribution in [2.45, 2.75) is 135 Å². The zero-order chi connectivity index (χ0) is 89.9. The fraction of sp³-hybridized carbons (Fsp3) is 0.284. The molecule has 2 saturated heterocycles. The van der Waals surface area contributed by atoms with Crippen molar-refractivity contribution in [1.29, 1.82) is 0 Å². The number of hydrogen-bond acceptors (Lipinski definition) is 23. The fourth-order valence-corrected chi connectivity index (χ4v) is 17.3. The lowest BCUT2D eigenvalue weighted by Crippen LogP contribution is -2.34. The van der Waals surface area contributed by atoms with Gasteiger partial charge in [-0.05, 0) is 150 Å². The molecule has 28 nitrogen and oxygen atoms in total. The number of hydrogen-bond donors (Lipinski definition) is 5. The number of aryl methyl sites for hydroxylation is 1. The van der Waals surface area contributed by atoms with Gasteiger partial charge in [0.1, 0.15) is 99.9 Å². The number of anilines is 5. The number of rotatable bonds is 12. The van der Waals surface area contributed by atoms with E-state index in [0.717, 1.165) is 59.0 Å². The Hall–Kier alpha value is -9.46. The second kappa shape index (κ2) is 39.8. The zero-order valence-corrected chi connectivity index (χ0v) is 76.0. The number of aldehydes is 2. The third-order valence-electron chi connectivity index (χ3n) is 20.3. The number of pyridine rings is 2. The molecular formula is C81H76Br6Cl2F6N16O12. The highest BCUT2D eigenvalue weighted by atomic mass is 79.9. The van der Waals surface area contributed by atoms with E-state index in [4.69, 9.17) is 70.8 Å². The monoisotopic (exact) mass is 2120 g/mol. The second-order valence-corrected chi connectivity index (χ2v) is 35.4. The molecule has 650 valence electrons. The first-order chi connectivity index (χ1) is 57.2. The van der Waals surface area contributed by atoms with Gasteiger partial charge in [-0.1, -0.05) is 146 Å². The molecule has 6 aromatic carbocycles. The van der Waals surface area contributed by atoms with Crippen molar-refractivity contribution >= 4 is 221 Å². The summed E-state index contributed by atoms with van der Waals surface area (Å²) in [5.41, 5.74) is 30.5. The number of benzene rings is 6. The molecule has 0 spiro atoms. The first kappa shape index (κ1) is 97.3. The quantitative estimate of drug-likeness (QED) is 0.0144. The number of carbonyl (C=O) groups excluding carboxylic acids is 2. The van der Waals surface area contributed by atoms with Crippen molar-refractivity contribution < 1.29 is 69.6 Å². The van der Waals surface area contributed by atoms with Crippen LogP contribution in [0.3, 0.4) is 0 Å². The molecule has 42 heteroatoms. The highest BCUT2D eigenvalue weighted by molar-refractivity contribution is 9.11. The van der Waals surface area contributed by atoms with Crippen LogP contribution in [0.1, 0.15) is 118 Å². The van der Waals surface area contributed by atoms with E-state index < -0.39 is 60.9 Å². The zero-order valence-electron chi connectivity index (χ0n) is 65.0. The van der Waals surface area contributed by atoms with Crippen molar-refractivity contribution in [3.8, 4) is 0 Å². The molecule has 123 heavy (non-hydrogen) atoms. The topological polar surface area (TPSA) is 418 Å². The van der Waals surface area contributed by atoms with Gasteiger partial charge in [0, 0.05) is 80.2 Å². The van der Waals surface area contributed by atoms with Gasteiger partial charge in [-0.15, -0.1) is 6.58 Å². The van der Waals surface area contributed by atoms with Crippen molar-refractivity contribution in [3.05, 3.63) is 260 Å². The van der Waals surface area contributed by atoms with Crippen LogP contribution >= 0.6 is 119 Å². The Morgan fingerprint density at radius 3 is 1.44 bits per heavy atom. The number of fused-ring (bicyclic) bond motifs is 6. The maximum absolute atomic E-state index is 14.9. The smallest absolute Gasteiger partial charge is 0.283 e. The largest absolute Gasteiger partial charge is 0.398 e. The number of aromatic nitrogens is 8. The number of nitro benzene ring substituents is 3. The van der Waals surface area contributed by atoms with E-state index in [0.29, 0.717) is 64.0 Å². The van der Waals surface area contributed by atoms with Gasteiger partial charge >= 0.3 is 0 Å². The molecule has 4 fully saturated rings. The normalized spacial score (nSPS) is 19.7. The minimum absolute atomic E-state index is 0. The van der Waals surface area contributed by atoms with Crippen LogP contribution in [-0.4, -0.2) is 102 Å². The predicted molar refractivity (Wildman–Crippen MR) is 479 cm³/mol. The van der Waals surface area contributed by atoms with Crippen molar-refractivity contribution in [2.24, 2.45) is 10.8 Å². The van der Waals surface area contributed by atoms with Crippen LogP contribution in [0.5, 0.6) is 0 Å². The maximum atomic E-state index is 14.9. The SMILES string of the molecule is C.C=C[C@@]1(C)C[C@@H](n2ccc3c(N)ncnc32)[C@@H]2OC(C)(C)O[C@@H]21.CC1(C)O[C@H]2[C@H](n3ccc4c(N)ncnc43)C[C@](C)(CCc3cc(F)c4cc(Cl)c(N)nc4c3)[C@H]2O1.Cc1c(F)cc(Br)cc1[N+](=O)[O-].Nc1cc(Br)cc(F)c1C=O.Nc1nc2cc(Br)cc(F)c2cc1Cl.O=Cc1c(F)cc(Br)cc1[N+](=O)[O-].O=[N+]([O-])c1cc(Br)cc(F)c1CBr. The lowest BCUT2D eigenvalue weighted by Gasteiger charge is -2.32. The minimum atomic E-state index is -0.906. The van der Waals surface area contributed by atoms with Crippen molar-refractivity contribution in [2.75, 3.05) is 28.7 Å². The molecule has 8 heterocycles. The van der Waals surface area contributed by atoms with E-state index in [1.165, 1.54) is 74.2 Å². The number of nitro groups is 3. The molecule has 0 amide bonds. The van der Waals surface area contributed by atoms with Gasteiger partial charge < -0.3 is 56.7 Å². The molecular weight excluding hydrogens is 2050 g/mol. The lowest BCUT2D eigenvalue weighted by atomic mass is 9.80. The summed E-state index contributed by atoms with van der Waals surface area (Å²) in [5.74, 6) is -3.35. The van der Waals surface area contributed by atoms with Crippen LogP contribution in [0.25, 0.3) is 43.9 Å². The predicted octanol–water partition coefficient (Wildman–Crippen LogP) is 22.2. The Morgan fingerprint density at radius 2 is 0.951 bits per heavy atom. The molecule has 6 aromatic heterocycles. The summed E-state index contributed by atoms with van der Waals surface area (Å²) in [6, 6.07) is 23.2. The van der Waals surface area contributed by atoms with E-state index >= 15 is 0 Å². The van der Waals surface area contributed by atoms with Crippen LogP contribution in [0.15, 0.2) is 157 Å². The molecule has 0 unspecified atom stereocenters. The van der Waals surface area contributed by atoms with Crippen LogP contribution in [0.2, 0.25) is 10.0 Å². The summed E-state index contributed by atoms with van der Waals surface area (Å²) < 4.78 is 112. The number of alkyl halides is 1. The molecule has 2 aliphatic carbocycles. The summed E-state index contributed by atoms with van der Waals surface area (Å²) >= 11 is 29.8. The maximum Gasteiger partial charge on any atom is 0.283 e. The van der Waals surface area contributed by atoms with E-state index in [-0.39, 0.29) is 138 Å². The van der Waals surface area contributed by atoms with Gasteiger partial charge in [-0.2, -0.15) is 0 Å². The number of halogens is 14. The van der Waals surface area contributed by atoms with E-state index in [1.807, 2.05) is 64.4 Å². The molecule has 4 aliphatic rings. The summed E-state index contributed by atoms with van der Waals surface area (Å²) in [5, 5.41) is 34.2. The Kier molecular flexibility index (Phi) is 31.5.